The smallest absolute Gasteiger partial charge is 0.328 e. The molecule has 0 aromatic heterocycles. The van der Waals surface area contributed by atoms with Gasteiger partial charge in [-0.3, -0.25) is 0 Å². The zero-order valence-electron chi connectivity index (χ0n) is 10.7. The highest BCUT2D eigenvalue weighted by Crippen LogP contribution is 2.31. The quantitative estimate of drug-likeness (QED) is 0.819. The second-order valence-corrected chi connectivity index (χ2v) is 4.14. The molecule has 0 saturated carbocycles. The molecule has 20 heavy (non-hydrogen) atoms. The first-order valence-electron chi connectivity index (χ1n) is 6.06. The van der Waals surface area contributed by atoms with Crippen molar-refractivity contribution < 1.29 is 19.7 Å². The van der Waals surface area contributed by atoms with Crippen LogP contribution in [0.1, 0.15) is 11.1 Å². The molecule has 2 aromatic carbocycles. The van der Waals surface area contributed by atoms with Gasteiger partial charge >= 0.3 is 5.97 Å². The summed E-state index contributed by atoms with van der Waals surface area (Å²) in [7, 11) is 0. The van der Waals surface area contributed by atoms with E-state index in [1.807, 2.05) is 30.3 Å². The first kappa shape index (κ1) is 13.7. The second-order valence-electron chi connectivity index (χ2n) is 4.14. The molecule has 0 spiro atoms. The second kappa shape index (κ2) is 6.43. The molecule has 102 valence electrons. The molecule has 0 bridgehead atoms. The van der Waals surface area contributed by atoms with Crippen LogP contribution >= 0.6 is 0 Å². The third kappa shape index (κ3) is 3.62. The van der Waals surface area contributed by atoms with E-state index in [9.17, 15) is 9.90 Å². The van der Waals surface area contributed by atoms with E-state index in [0.29, 0.717) is 17.9 Å². The van der Waals surface area contributed by atoms with Crippen LogP contribution in [0.2, 0.25) is 0 Å². The summed E-state index contributed by atoms with van der Waals surface area (Å²) < 4.78 is 5.54. The summed E-state index contributed by atoms with van der Waals surface area (Å²) >= 11 is 0. The Morgan fingerprint density at radius 3 is 2.55 bits per heavy atom. The lowest BCUT2D eigenvalue weighted by Gasteiger charge is -2.09. The highest BCUT2D eigenvalue weighted by Gasteiger charge is 2.06. The number of carbonyl (C=O) groups is 1. The maximum absolute atomic E-state index is 10.5. The fourth-order valence-electron chi connectivity index (χ4n) is 1.69. The number of phenols is 1. The number of aromatic hydroxyl groups is 1. The molecule has 0 radical (unpaired) electrons. The standard InChI is InChI=1S/C16H14O4/c17-15(18)10-9-13-7-4-8-14(16(13)19)20-11-12-5-2-1-3-6-12/h1-10,19H,11H2,(H,17,18)/b10-9+. The number of para-hydroxylation sites is 1. The Bertz CT molecular complexity index is 618. The number of benzene rings is 2. The van der Waals surface area contributed by atoms with Crippen molar-refractivity contribution in [3.8, 4) is 11.5 Å². The number of rotatable bonds is 5. The van der Waals surface area contributed by atoms with Crippen molar-refractivity contribution in [2.75, 3.05) is 0 Å². The van der Waals surface area contributed by atoms with Crippen LogP contribution in [0.3, 0.4) is 0 Å². The zero-order valence-corrected chi connectivity index (χ0v) is 10.7. The topological polar surface area (TPSA) is 66.8 Å². The van der Waals surface area contributed by atoms with Crippen molar-refractivity contribution in [1.29, 1.82) is 0 Å². The van der Waals surface area contributed by atoms with Gasteiger partial charge in [0.2, 0.25) is 0 Å². The van der Waals surface area contributed by atoms with Crippen molar-refractivity contribution in [1.82, 2.24) is 0 Å². The maximum atomic E-state index is 10.5. The number of carboxylic acids is 1. The lowest BCUT2D eigenvalue weighted by atomic mass is 10.1. The van der Waals surface area contributed by atoms with Crippen LogP contribution in [-0.2, 0) is 11.4 Å². The van der Waals surface area contributed by atoms with E-state index in [1.54, 1.807) is 18.2 Å². The van der Waals surface area contributed by atoms with E-state index in [2.05, 4.69) is 0 Å². The minimum Gasteiger partial charge on any atom is -0.504 e. The molecular formula is C16H14O4. The highest BCUT2D eigenvalue weighted by molar-refractivity contribution is 5.86. The molecule has 0 amide bonds. The average molecular weight is 270 g/mol. The van der Waals surface area contributed by atoms with Gasteiger partial charge in [-0.2, -0.15) is 0 Å². The van der Waals surface area contributed by atoms with Crippen molar-refractivity contribution in [2.45, 2.75) is 6.61 Å². The summed E-state index contributed by atoms with van der Waals surface area (Å²) in [5.74, 6) is -0.817. The van der Waals surface area contributed by atoms with Gasteiger partial charge in [0.1, 0.15) is 6.61 Å². The summed E-state index contributed by atoms with van der Waals surface area (Å²) in [5.41, 5.74) is 1.39. The molecule has 0 aliphatic carbocycles. The van der Waals surface area contributed by atoms with E-state index in [0.717, 1.165) is 11.6 Å². The van der Waals surface area contributed by atoms with Crippen molar-refractivity contribution >= 4 is 12.0 Å². The lowest BCUT2D eigenvalue weighted by Crippen LogP contribution is -1.96. The molecule has 0 heterocycles. The maximum Gasteiger partial charge on any atom is 0.328 e. The van der Waals surface area contributed by atoms with Crippen molar-refractivity contribution in [3.63, 3.8) is 0 Å². The lowest BCUT2D eigenvalue weighted by molar-refractivity contribution is -0.131. The summed E-state index contributed by atoms with van der Waals surface area (Å²) in [5, 5.41) is 18.6. The van der Waals surface area contributed by atoms with E-state index in [1.165, 1.54) is 6.08 Å². The van der Waals surface area contributed by atoms with Crippen LogP contribution < -0.4 is 4.74 Å². The molecular weight excluding hydrogens is 256 g/mol. The summed E-state index contributed by atoms with van der Waals surface area (Å²) in [6.45, 7) is 0.334. The SMILES string of the molecule is O=C(O)/C=C/c1cccc(OCc2ccccc2)c1O. The van der Waals surface area contributed by atoms with Crippen LogP contribution in [0.5, 0.6) is 11.5 Å². The predicted octanol–water partition coefficient (Wildman–Crippen LogP) is 3.07. The fourth-order valence-corrected chi connectivity index (χ4v) is 1.69. The van der Waals surface area contributed by atoms with E-state index in [-0.39, 0.29) is 5.75 Å². The number of phenolic OH excluding ortho intramolecular Hbond substituents is 1. The number of ether oxygens (including phenoxy) is 1. The molecule has 2 aromatic rings. The van der Waals surface area contributed by atoms with Crippen LogP contribution in [-0.4, -0.2) is 16.2 Å². The molecule has 2 rings (SSSR count). The van der Waals surface area contributed by atoms with E-state index < -0.39 is 5.97 Å². The third-order valence-electron chi connectivity index (χ3n) is 2.67. The van der Waals surface area contributed by atoms with Crippen LogP contribution in [0.15, 0.2) is 54.6 Å². The summed E-state index contributed by atoms with van der Waals surface area (Å²) in [6, 6.07) is 14.5. The third-order valence-corrected chi connectivity index (χ3v) is 2.67. The van der Waals surface area contributed by atoms with Crippen LogP contribution in [0.4, 0.5) is 0 Å². The van der Waals surface area contributed by atoms with E-state index >= 15 is 0 Å². The Morgan fingerprint density at radius 1 is 1.10 bits per heavy atom. The number of hydrogen-bond acceptors (Lipinski definition) is 3. The molecule has 0 atom stereocenters. The Kier molecular flexibility index (Phi) is 4.39. The Labute approximate surface area is 116 Å². The molecule has 2 N–H and O–H groups in total. The zero-order chi connectivity index (χ0) is 14.4. The van der Waals surface area contributed by atoms with Gasteiger partial charge in [0.05, 0.1) is 0 Å². The van der Waals surface area contributed by atoms with Gasteiger partial charge in [0.15, 0.2) is 11.5 Å². The van der Waals surface area contributed by atoms with Gasteiger partial charge < -0.3 is 14.9 Å². The molecule has 4 nitrogen and oxygen atoms in total. The van der Waals surface area contributed by atoms with Crippen molar-refractivity contribution in [3.05, 3.63) is 65.7 Å². The van der Waals surface area contributed by atoms with Crippen molar-refractivity contribution in [2.24, 2.45) is 0 Å². The predicted molar refractivity (Wildman–Crippen MR) is 75.6 cm³/mol. The summed E-state index contributed by atoms with van der Waals surface area (Å²) in [6.07, 6.45) is 2.29. The largest absolute Gasteiger partial charge is 0.504 e. The number of aliphatic carboxylic acids is 1. The number of carboxylic acid groups (broad SMARTS) is 1. The normalized spacial score (nSPS) is 10.6. The van der Waals surface area contributed by atoms with Gasteiger partial charge in [0, 0.05) is 11.6 Å². The van der Waals surface area contributed by atoms with Gasteiger partial charge in [-0.1, -0.05) is 42.5 Å². The Morgan fingerprint density at radius 2 is 1.85 bits per heavy atom. The minimum absolute atomic E-state index is 0.0686. The molecule has 0 aliphatic rings. The first-order chi connectivity index (χ1) is 9.66. The minimum atomic E-state index is -1.07. The van der Waals surface area contributed by atoms with Gasteiger partial charge in [-0.15, -0.1) is 0 Å². The van der Waals surface area contributed by atoms with Crippen LogP contribution in [0, 0.1) is 0 Å². The molecule has 0 aliphatic heterocycles. The van der Waals surface area contributed by atoms with Gasteiger partial charge in [0.25, 0.3) is 0 Å². The average Bonchev–Trinajstić information content (AvgIpc) is 2.46. The first-order valence-corrected chi connectivity index (χ1v) is 6.06. The molecule has 0 unspecified atom stereocenters. The Balaban J connectivity index is 2.12. The fraction of sp³-hybridized carbons (Fsp3) is 0.0625. The van der Waals surface area contributed by atoms with Gasteiger partial charge in [-0.25, -0.2) is 4.79 Å². The van der Waals surface area contributed by atoms with Gasteiger partial charge in [-0.05, 0) is 17.7 Å². The molecule has 0 fully saturated rings. The Hall–Kier alpha value is -2.75. The highest BCUT2D eigenvalue weighted by atomic mass is 16.5. The van der Waals surface area contributed by atoms with Crippen LogP contribution in [0.25, 0.3) is 6.08 Å². The monoisotopic (exact) mass is 270 g/mol. The summed E-state index contributed by atoms with van der Waals surface area (Å²) in [4.78, 5) is 10.5. The molecule has 0 saturated heterocycles. The number of hydrogen-bond donors (Lipinski definition) is 2. The van der Waals surface area contributed by atoms with E-state index in [4.69, 9.17) is 9.84 Å². The molecule has 4 heteroatoms.